The Morgan fingerprint density at radius 2 is 2.05 bits per heavy atom. The standard InChI is InChI=1S/C13H20FNO4S/c1-9(2)13(19-3)8-20(17,18)15-12-6-11(14)5-4-10(12)7-16/h4-6,9,13,15-16H,7-8H2,1-3H3. The molecule has 0 radical (unpaired) electrons. The van der Waals surface area contributed by atoms with Crippen LogP contribution in [0.25, 0.3) is 0 Å². The number of methoxy groups -OCH3 is 1. The van der Waals surface area contributed by atoms with Crippen LogP contribution in [0.1, 0.15) is 19.4 Å². The number of hydrogen-bond acceptors (Lipinski definition) is 4. The van der Waals surface area contributed by atoms with Crippen LogP contribution in [-0.4, -0.2) is 32.5 Å². The molecular weight excluding hydrogens is 285 g/mol. The van der Waals surface area contributed by atoms with Gasteiger partial charge in [0.15, 0.2) is 0 Å². The second-order valence-corrected chi connectivity index (χ2v) is 6.63. The first-order valence-electron chi connectivity index (χ1n) is 6.21. The van der Waals surface area contributed by atoms with Crippen LogP contribution >= 0.6 is 0 Å². The van der Waals surface area contributed by atoms with E-state index in [0.29, 0.717) is 5.56 Å². The molecule has 1 atom stereocenters. The molecule has 0 aliphatic rings. The van der Waals surface area contributed by atoms with Crippen LogP contribution in [0.3, 0.4) is 0 Å². The third-order valence-corrected chi connectivity index (χ3v) is 4.24. The van der Waals surface area contributed by atoms with E-state index in [9.17, 15) is 12.8 Å². The fraction of sp³-hybridized carbons (Fsp3) is 0.538. The highest BCUT2D eigenvalue weighted by Crippen LogP contribution is 2.20. The molecule has 7 heteroatoms. The number of anilines is 1. The minimum Gasteiger partial charge on any atom is -0.392 e. The molecule has 0 aliphatic heterocycles. The summed E-state index contributed by atoms with van der Waals surface area (Å²) in [5, 5.41) is 9.14. The Labute approximate surface area is 118 Å². The highest BCUT2D eigenvalue weighted by molar-refractivity contribution is 7.92. The molecule has 0 heterocycles. The first-order chi connectivity index (χ1) is 9.29. The van der Waals surface area contributed by atoms with Gasteiger partial charge in [0.25, 0.3) is 0 Å². The van der Waals surface area contributed by atoms with Crippen molar-refractivity contribution in [2.45, 2.75) is 26.6 Å². The van der Waals surface area contributed by atoms with Crippen LogP contribution in [0.2, 0.25) is 0 Å². The Balaban J connectivity index is 2.93. The summed E-state index contributed by atoms with van der Waals surface area (Å²) in [5.74, 6) is -0.781. The van der Waals surface area contributed by atoms with Gasteiger partial charge >= 0.3 is 0 Å². The fourth-order valence-corrected chi connectivity index (χ4v) is 3.30. The second-order valence-electron chi connectivity index (χ2n) is 4.86. The number of halogens is 1. The fourth-order valence-electron chi connectivity index (χ4n) is 1.74. The Hall–Kier alpha value is -1.18. The van der Waals surface area contributed by atoms with Gasteiger partial charge in [-0.2, -0.15) is 0 Å². The zero-order chi connectivity index (χ0) is 15.3. The average Bonchev–Trinajstić information content (AvgIpc) is 2.35. The van der Waals surface area contributed by atoms with Crippen LogP contribution in [0.15, 0.2) is 18.2 Å². The van der Waals surface area contributed by atoms with Crippen molar-refractivity contribution in [2.75, 3.05) is 17.6 Å². The lowest BCUT2D eigenvalue weighted by atomic mass is 10.1. The number of aliphatic hydroxyl groups excluding tert-OH is 1. The third-order valence-electron chi connectivity index (χ3n) is 2.94. The van der Waals surface area contributed by atoms with Crippen LogP contribution < -0.4 is 4.72 Å². The highest BCUT2D eigenvalue weighted by atomic mass is 32.2. The maximum atomic E-state index is 13.2. The van der Waals surface area contributed by atoms with E-state index in [1.54, 1.807) is 0 Å². The molecule has 0 aromatic heterocycles. The van der Waals surface area contributed by atoms with Gasteiger partial charge in [0.2, 0.25) is 10.0 Å². The van der Waals surface area contributed by atoms with Gasteiger partial charge in [-0.3, -0.25) is 4.72 Å². The van der Waals surface area contributed by atoms with Crippen molar-refractivity contribution in [3.63, 3.8) is 0 Å². The summed E-state index contributed by atoms with van der Waals surface area (Å²) in [6.07, 6.45) is -0.460. The summed E-state index contributed by atoms with van der Waals surface area (Å²) in [5.41, 5.74) is 0.361. The summed E-state index contributed by atoms with van der Waals surface area (Å²) in [6, 6.07) is 3.54. The highest BCUT2D eigenvalue weighted by Gasteiger charge is 2.22. The van der Waals surface area contributed by atoms with E-state index in [1.807, 2.05) is 13.8 Å². The van der Waals surface area contributed by atoms with Crippen LogP contribution in [0, 0.1) is 11.7 Å². The first-order valence-corrected chi connectivity index (χ1v) is 7.87. The summed E-state index contributed by atoms with van der Waals surface area (Å²) in [6.45, 7) is 3.33. The molecular formula is C13H20FNO4S. The molecule has 0 fully saturated rings. The Kier molecular flexibility index (Phi) is 5.91. The van der Waals surface area contributed by atoms with E-state index in [-0.39, 0.29) is 24.0 Å². The van der Waals surface area contributed by atoms with Crippen molar-refractivity contribution in [3.8, 4) is 0 Å². The van der Waals surface area contributed by atoms with E-state index >= 15 is 0 Å². The van der Waals surface area contributed by atoms with Gasteiger partial charge in [-0.05, 0) is 18.1 Å². The monoisotopic (exact) mass is 305 g/mol. The molecule has 5 nitrogen and oxygen atoms in total. The minimum absolute atomic E-state index is 0.0291. The molecule has 0 bridgehead atoms. The first kappa shape index (κ1) is 16.9. The van der Waals surface area contributed by atoms with Crippen LogP contribution in [-0.2, 0) is 21.4 Å². The van der Waals surface area contributed by atoms with Gasteiger partial charge in [-0.25, -0.2) is 12.8 Å². The number of aliphatic hydroxyl groups is 1. The van der Waals surface area contributed by atoms with Gasteiger partial charge in [0.05, 0.1) is 24.2 Å². The third kappa shape index (κ3) is 4.73. The van der Waals surface area contributed by atoms with Gasteiger partial charge in [-0.15, -0.1) is 0 Å². The van der Waals surface area contributed by atoms with Crippen molar-refractivity contribution >= 4 is 15.7 Å². The summed E-state index contributed by atoms with van der Waals surface area (Å²) in [4.78, 5) is 0. The average molecular weight is 305 g/mol. The maximum Gasteiger partial charge on any atom is 0.235 e. The molecule has 0 spiro atoms. The van der Waals surface area contributed by atoms with Gasteiger partial charge in [-0.1, -0.05) is 19.9 Å². The summed E-state index contributed by atoms with van der Waals surface area (Å²) >= 11 is 0. The lowest BCUT2D eigenvalue weighted by Crippen LogP contribution is -2.31. The second kappa shape index (κ2) is 7.01. The summed E-state index contributed by atoms with van der Waals surface area (Å²) in [7, 11) is -2.25. The lowest BCUT2D eigenvalue weighted by Gasteiger charge is -2.20. The van der Waals surface area contributed by atoms with Crippen molar-refractivity contribution in [3.05, 3.63) is 29.6 Å². The number of ether oxygens (including phenoxy) is 1. The van der Waals surface area contributed by atoms with E-state index in [0.717, 1.165) is 12.1 Å². The molecule has 2 N–H and O–H groups in total. The predicted octanol–water partition coefficient (Wildman–Crippen LogP) is 1.73. The molecule has 0 saturated carbocycles. The zero-order valence-electron chi connectivity index (χ0n) is 11.8. The Morgan fingerprint density at radius 3 is 2.55 bits per heavy atom. The molecule has 0 amide bonds. The Bertz CT molecular complexity index is 545. The molecule has 0 saturated heterocycles. The van der Waals surface area contributed by atoms with Crippen molar-refractivity contribution in [2.24, 2.45) is 5.92 Å². The van der Waals surface area contributed by atoms with E-state index in [1.165, 1.54) is 13.2 Å². The molecule has 0 aliphatic carbocycles. The van der Waals surface area contributed by atoms with Gasteiger partial charge < -0.3 is 9.84 Å². The van der Waals surface area contributed by atoms with Crippen molar-refractivity contribution in [1.82, 2.24) is 0 Å². The van der Waals surface area contributed by atoms with Crippen LogP contribution in [0.5, 0.6) is 0 Å². The Morgan fingerprint density at radius 1 is 1.40 bits per heavy atom. The van der Waals surface area contributed by atoms with Gasteiger partial charge in [0.1, 0.15) is 5.82 Å². The maximum absolute atomic E-state index is 13.2. The van der Waals surface area contributed by atoms with Crippen molar-refractivity contribution < 1.29 is 22.7 Å². The normalized spacial score (nSPS) is 13.5. The van der Waals surface area contributed by atoms with E-state index < -0.39 is 21.9 Å². The summed E-state index contributed by atoms with van der Waals surface area (Å²) < 4.78 is 44.7. The van der Waals surface area contributed by atoms with Crippen LogP contribution in [0.4, 0.5) is 10.1 Å². The van der Waals surface area contributed by atoms with Gasteiger partial charge in [0, 0.05) is 12.7 Å². The van der Waals surface area contributed by atoms with Crippen molar-refractivity contribution in [1.29, 1.82) is 0 Å². The number of rotatable bonds is 7. The van der Waals surface area contributed by atoms with E-state index in [4.69, 9.17) is 9.84 Å². The number of hydrogen-bond donors (Lipinski definition) is 2. The minimum atomic E-state index is -3.69. The number of benzene rings is 1. The molecule has 114 valence electrons. The molecule has 1 aromatic carbocycles. The largest absolute Gasteiger partial charge is 0.392 e. The lowest BCUT2D eigenvalue weighted by molar-refractivity contribution is 0.0829. The predicted molar refractivity (Wildman–Crippen MR) is 75.4 cm³/mol. The topological polar surface area (TPSA) is 75.6 Å². The molecule has 20 heavy (non-hydrogen) atoms. The van der Waals surface area contributed by atoms with E-state index in [2.05, 4.69) is 4.72 Å². The zero-order valence-corrected chi connectivity index (χ0v) is 12.6. The SMILES string of the molecule is COC(CS(=O)(=O)Nc1cc(F)ccc1CO)C(C)C. The molecule has 1 rings (SSSR count). The number of nitrogens with one attached hydrogen (secondary N) is 1. The molecule has 1 aromatic rings. The smallest absolute Gasteiger partial charge is 0.235 e. The molecule has 1 unspecified atom stereocenters. The number of sulfonamides is 1. The quantitative estimate of drug-likeness (QED) is 0.804.